The number of nitrogens with zero attached hydrogens (tertiary/aromatic N) is 2. The quantitative estimate of drug-likeness (QED) is 0.916. The van der Waals surface area contributed by atoms with Gasteiger partial charge in [0.05, 0.1) is 11.1 Å². The van der Waals surface area contributed by atoms with Crippen molar-refractivity contribution < 1.29 is 9.13 Å². The van der Waals surface area contributed by atoms with Crippen molar-refractivity contribution in [2.45, 2.75) is 37.3 Å². The smallest absolute Gasteiger partial charge is 0.151 e. The summed E-state index contributed by atoms with van der Waals surface area (Å²) in [5.41, 5.74) is 7.40. The van der Waals surface area contributed by atoms with Gasteiger partial charge in [-0.05, 0) is 37.8 Å². The number of fused-ring (bicyclic) bond motifs is 1. The van der Waals surface area contributed by atoms with Gasteiger partial charge in [-0.15, -0.1) is 0 Å². The Kier molecular flexibility index (Phi) is 2.62. The predicted molar refractivity (Wildman–Crippen MR) is 73.9 cm³/mol. The largest absolute Gasteiger partial charge is 0.381 e. The molecule has 2 N–H and O–H groups in total. The Balaban J connectivity index is 1.94. The zero-order valence-electron chi connectivity index (χ0n) is 11.3. The van der Waals surface area contributed by atoms with Gasteiger partial charge in [-0.2, -0.15) is 0 Å². The standard InChI is InChI=1S/C15H18FN3O/c16-11-2-1-3-12-13(11)18-14(19(12)10-4-5-10)15(17)6-8-20-9-7-15/h1-3,10H,4-9,17H2. The number of imidazole rings is 1. The number of nitrogens with two attached hydrogens (primary N) is 1. The molecule has 0 amide bonds. The molecule has 2 fully saturated rings. The molecule has 2 heterocycles. The van der Waals surface area contributed by atoms with Crippen molar-refractivity contribution in [2.75, 3.05) is 13.2 Å². The van der Waals surface area contributed by atoms with Gasteiger partial charge in [0.15, 0.2) is 5.82 Å². The van der Waals surface area contributed by atoms with Crippen LogP contribution in [0.1, 0.15) is 37.5 Å². The van der Waals surface area contributed by atoms with Crippen LogP contribution in [0.4, 0.5) is 4.39 Å². The van der Waals surface area contributed by atoms with Gasteiger partial charge in [-0.3, -0.25) is 0 Å². The summed E-state index contributed by atoms with van der Waals surface area (Å²) in [7, 11) is 0. The first kappa shape index (κ1) is 12.3. The fourth-order valence-corrected chi connectivity index (χ4v) is 3.10. The molecule has 0 spiro atoms. The average molecular weight is 275 g/mol. The molecular weight excluding hydrogens is 257 g/mol. The highest BCUT2D eigenvalue weighted by molar-refractivity contribution is 5.77. The van der Waals surface area contributed by atoms with Gasteiger partial charge in [0.2, 0.25) is 0 Å². The van der Waals surface area contributed by atoms with Crippen LogP contribution in [0.3, 0.4) is 0 Å². The molecule has 20 heavy (non-hydrogen) atoms. The van der Waals surface area contributed by atoms with Crippen molar-refractivity contribution in [3.63, 3.8) is 0 Å². The molecule has 2 aromatic rings. The molecule has 1 aromatic heterocycles. The maximum atomic E-state index is 14.0. The van der Waals surface area contributed by atoms with Crippen LogP contribution in [0.15, 0.2) is 18.2 Å². The predicted octanol–water partition coefficient (Wildman–Crippen LogP) is 2.47. The zero-order valence-corrected chi connectivity index (χ0v) is 11.3. The third-order valence-corrected chi connectivity index (χ3v) is 4.41. The first-order valence-electron chi connectivity index (χ1n) is 7.23. The van der Waals surface area contributed by atoms with E-state index in [-0.39, 0.29) is 5.82 Å². The first-order chi connectivity index (χ1) is 9.69. The Morgan fingerprint density at radius 3 is 2.75 bits per heavy atom. The summed E-state index contributed by atoms with van der Waals surface area (Å²) < 4.78 is 21.6. The molecular formula is C15H18FN3O. The van der Waals surface area contributed by atoms with Crippen molar-refractivity contribution in [2.24, 2.45) is 5.73 Å². The van der Waals surface area contributed by atoms with Crippen LogP contribution in [0.2, 0.25) is 0 Å². The van der Waals surface area contributed by atoms with Gasteiger partial charge in [0, 0.05) is 19.3 Å². The molecule has 1 saturated heterocycles. The van der Waals surface area contributed by atoms with Crippen molar-refractivity contribution in [1.29, 1.82) is 0 Å². The SMILES string of the molecule is NC1(c2nc3c(F)cccc3n2C2CC2)CCOCC1. The summed E-state index contributed by atoms with van der Waals surface area (Å²) >= 11 is 0. The molecule has 1 aliphatic heterocycles. The number of hydrogen-bond donors (Lipinski definition) is 1. The number of para-hydroxylation sites is 1. The Morgan fingerprint density at radius 1 is 1.30 bits per heavy atom. The minimum absolute atomic E-state index is 0.265. The number of ether oxygens (including phenoxy) is 1. The van der Waals surface area contributed by atoms with Gasteiger partial charge >= 0.3 is 0 Å². The fraction of sp³-hybridized carbons (Fsp3) is 0.533. The Hall–Kier alpha value is -1.46. The molecule has 1 aromatic carbocycles. The lowest BCUT2D eigenvalue weighted by Crippen LogP contribution is -2.44. The molecule has 0 radical (unpaired) electrons. The van der Waals surface area contributed by atoms with E-state index in [4.69, 9.17) is 10.5 Å². The van der Waals surface area contributed by atoms with E-state index in [0.717, 1.165) is 37.0 Å². The molecule has 2 aliphatic rings. The fourth-order valence-electron chi connectivity index (χ4n) is 3.10. The third-order valence-electron chi connectivity index (χ3n) is 4.41. The summed E-state index contributed by atoms with van der Waals surface area (Å²) in [5, 5.41) is 0. The lowest BCUT2D eigenvalue weighted by Gasteiger charge is -2.33. The van der Waals surface area contributed by atoms with Crippen LogP contribution in [-0.4, -0.2) is 22.8 Å². The van der Waals surface area contributed by atoms with Crippen LogP contribution in [0, 0.1) is 5.82 Å². The highest BCUT2D eigenvalue weighted by Crippen LogP contribution is 2.42. The number of benzene rings is 1. The van der Waals surface area contributed by atoms with Crippen molar-refractivity contribution in [1.82, 2.24) is 9.55 Å². The minimum Gasteiger partial charge on any atom is -0.381 e. The molecule has 1 aliphatic carbocycles. The third kappa shape index (κ3) is 1.77. The number of rotatable bonds is 2. The maximum Gasteiger partial charge on any atom is 0.151 e. The minimum atomic E-state index is -0.494. The average Bonchev–Trinajstić information content (AvgIpc) is 3.20. The van der Waals surface area contributed by atoms with Crippen LogP contribution in [0.5, 0.6) is 0 Å². The van der Waals surface area contributed by atoms with E-state index in [0.29, 0.717) is 24.8 Å². The molecule has 0 atom stereocenters. The molecule has 0 bridgehead atoms. The Labute approximate surface area is 116 Å². The topological polar surface area (TPSA) is 53.1 Å². The van der Waals surface area contributed by atoms with Gasteiger partial charge in [0.1, 0.15) is 11.3 Å². The summed E-state index contributed by atoms with van der Waals surface area (Å²) in [4.78, 5) is 4.58. The summed E-state index contributed by atoms with van der Waals surface area (Å²) in [6.07, 6.45) is 3.73. The molecule has 0 unspecified atom stereocenters. The maximum absolute atomic E-state index is 14.0. The van der Waals surface area contributed by atoms with E-state index in [1.807, 2.05) is 6.07 Å². The molecule has 1 saturated carbocycles. The summed E-state index contributed by atoms with van der Waals surface area (Å²) in [6.45, 7) is 1.29. The van der Waals surface area contributed by atoms with E-state index in [2.05, 4.69) is 9.55 Å². The van der Waals surface area contributed by atoms with Crippen LogP contribution >= 0.6 is 0 Å². The molecule has 5 heteroatoms. The van der Waals surface area contributed by atoms with Crippen LogP contribution in [0.25, 0.3) is 11.0 Å². The molecule has 106 valence electrons. The summed E-state index contributed by atoms with van der Waals surface area (Å²) in [5.74, 6) is 0.571. The van der Waals surface area contributed by atoms with E-state index >= 15 is 0 Å². The van der Waals surface area contributed by atoms with Crippen molar-refractivity contribution in [3.05, 3.63) is 29.8 Å². The van der Waals surface area contributed by atoms with Gasteiger partial charge < -0.3 is 15.0 Å². The Morgan fingerprint density at radius 2 is 2.05 bits per heavy atom. The zero-order chi connectivity index (χ0) is 13.7. The van der Waals surface area contributed by atoms with E-state index < -0.39 is 5.54 Å². The Bertz CT molecular complexity index is 656. The number of halogens is 1. The van der Waals surface area contributed by atoms with Gasteiger partial charge in [-0.1, -0.05) is 6.07 Å². The first-order valence-corrected chi connectivity index (χ1v) is 7.23. The molecule has 4 rings (SSSR count). The lowest BCUT2D eigenvalue weighted by atomic mass is 9.90. The van der Waals surface area contributed by atoms with Crippen molar-refractivity contribution >= 4 is 11.0 Å². The highest BCUT2D eigenvalue weighted by atomic mass is 19.1. The van der Waals surface area contributed by atoms with Gasteiger partial charge in [0.25, 0.3) is 0 Å². The van der Waals surface area contributed by atoms with Gasteiger partial charge in [-0.25, -0.2) is 9.37 Å². The van der Waals surface area contributed by atoms with Crippen molar-refractivity contribution in [3.8, 4) is 0 Å². The van der Waals surface area contributed by atoms with E-state index in [1.165, 1.54) is 6.07 Å². The number of hydrogen-bond acceptors (Lipinski definition) is 3. The second-order valence-corrected chi connectivity index (χ2v) is 5.91. The van der Waals surface area contributed by atoms with E-state index in [9.17, 15) is 4.39 Å². The highest BCUT2D eigenvalue weighted by Gasteiger charge is 2.39. The van der Waals surface area contributed by atoms with E-state index in [1.54, 1.807) is 6.07 Å². The second-order valence-electron chi connectivity index (χ2n) is 5.91. The monoisotopic (exact) mass is 275 g/mol. The van der Waals surface area contributed by atoms with Crippen LogP contribution < -0.4 is 5.73 Å². The number of aromatic nitrogens is 2. The second kappa shape index (κ2) is 4.27. The van der Waals surface area contributed by atoms with Crippen LogP contribution in [-0.2, 0) is 10.3 Å². The lowest BCUT2D eigenvalue weighted by molar-refractivity contribution is 0.0480. The molecule has 4 nitrogen and oxygen atoms in total. The normalized spacial score (nSPS) is 22.3. The summed E-state index contributed by atoms with van der Waals surface area (Å²) in [6, 6.07) is 5.58.